The number of rotatable bonds is 2. The first-order chi connectivity index (χ1) is 8.04. The summed E-state index contributed by atoms with van der Waals surface area (Å²) < 4.78 is 0. The van der Waals surface area contributed by atoms with Gasteiger partial charge < -0.3 is 0 Å². The Kier molecular flexibility index (Phi) is 4.11. The van der Waals surface area contributed by atoms with E-state index in [9.17, 15) is 0 Å². The highest BCUT2D eigenvalue weighted by molar-refractivity contribution is 5.69. The maximum atomic E-state index is 3.82. The average molecular weight is 226 g/mol. The molecule has 17 heavy (non-hydrogen) atoms. The Morgan fingerprint density at radius 3 is 1.41 bits per heavy atom. The summed E-state index contributed by atoms with van der Waals surface area (Å²) in [6.07, 6.45) is 12.3. The molecule has 0 unspecified atom stereocenters. The molecule has 1 fully saturated rings. The Hall–Kier alpha value is -1.56. The molecule has 0 aliphatic heterocycles. The quantitative estimate of drug-likeness (QED) is 0.611. The third kappa shape index (κ3) is 2.12. The first kappa shape index (κ1) is 13.5. The molecule has 0 amide bonds. The molecule has 0 bridgehead atoms. The van der Waals surface area contributed by atoms with Crippen molar-refractivity contribution in [1.29, 1.82) is 0 Å². The molecule has 0 radical (unpaired) electrons. The zero-order chi connectivity index (χ0) is 13.1. The van der Waals surface area contributed by atoms with Gasteiger partial charge in [0.1, 0.15) is 0 Å². The van der Waals surface area contributed by atoms with Crippen LogP contribution in [0.1, 0.15) is 27.7 Å². The largest absolute Gasteiger partial charge is 0.0991 e. The van der Waals surface area contributed by atoms with E-state index >= 15 is 0 Å². The van der Waals surface area contributed by atoms with E-state index in [1.165, 1.54) is 22.3 Å². The van der Waals surface area contributed by atoms with Crippen molar-refractivity contribution in [2.24, 2.45) is 5.41 Å². The normalized spacial score (nSPS) is 28.2. The Morgan fingerprint density at radius 1 is 0.824 bits per heavy atom. The van der Waals surface area contributed by atoms with Crippen LogP contribution >= 0.6 is 0 Å². The third-order valence-corrected chi connectivity index (χ3v) is 3.36. The van der Waals surface area contributed by atoms with Crippen molar-refractivity contribution in [1.82, 2.24) is 0 Å². The van der Waals surface area contributed by atoms with Gasteiger partial charge in [-0.15, -0.1) is 0 Å². The minimum absolute atomic E-state index is 0.0199. The molecule has 0 aromatic rings. The molecular formula is C17H22. The van der Waals surface area contributed by atoms with Crippen LogP contribution in [0.2, 0.25) is 0 Å². The van der Waals surface area contributed by atoms with Crippen LogP contribution in [-0.4, -0.2) is 0 Å². The smallest absolute Gasteiger partial charge is 0.0158 e. The molecule has 1 aliphatic carbocycles. The fraction of sp³-hybridized carbons (Fsp3) is 0.294. The van der Waals surface area contributed by atoms with Gasteiger partial charge in [0.2, 0.25) is 0 Å². The monoisotopic (exact) mass is 226 g/mol. The second-order valence-corrected chi connectivity index (χ2v) is 4.66. The van der Waals surface area contributed by atoms with Gasteiger partial charge in [0, 0.05) is 5.41 Å². The summed E-state index contributed by atoms with van der Waals surface area (Å²) in [6, 6.07) is 0. The second-order valence-electron chi connectivity index (χ2n) is 4.66. The number of hydrogen-bond acceptors (Lipinski definition) is 0. The molecule has 0 aromatic carbocycles. The molecule has 0 heteroatoms. The number of allylic oxidation sites excluding steroid dienone is 10. The van der Waals surface area contributed by atoms with Gasteiger partial charge in [-0.05, 0) is 36.1 Å². The van der Waals surface area contributed by atoms with Crippen molar-refractivity contribution in [2.75, 3.05) is 0 Å². The van der Waals surface area contributed by atoms with E-state index in [0.717, 1.165) is 0 Å². The summed E-state index contributed by atoms with van der Waals surface area (Å²) in [7, 11) is 0. The molecule has 90 valence electrons. The van der Waals surface area contributed by atoms with Crippen LogP contribution in [0.4, 0.5) is 0 Å². The van der Waals surface area contributed by atoms with Crippen LogP contribution in [0, 0.1) is 5.41 Å². The first-order valence-corrected chi connectivity index (χ1v) is 6.04. The van der Waals surface area contributed by atoms with Gasteiger partial charge >= 0.3 is 0 Å². The third-order valence-electron chi connectivity index (χ3n) is 3.36. The first-order valence-electron chi connectivity index (χ1n) is 6.04. The predicted octanol–water partition coefficient (Wildman–Crippen LogP) is 5.14. The Bertz CT molecular complexity index is 406. The van der Waals surface area contributed by atoms with E-state index in [1.54, 1.807) is 0 Å². The Balaban J connectivity index is 3.59. The highest BCUT2D eigenvalue weighted by atomic mass is 14.4. The lowest BCUT2D eigenvalue weighted by atomic mass is 9.82. The van der Waals surface area contributed by atoms with Crippen molar-refractivity contribution in [3.63, 3.8) is 0 Å². The fourth-order valence-corrected chi connectivity index (χ4v) is 2.56. The van der Waals surface area contributed by atoms with Gasteiger partial charge in [-0.3, -0.25) is 0 Å². The summed E-state index contributed by atoms with van der Waals surface area (Å²) in [5.74, 6) is 0. The summed E-state index contributed by atoms with van der Waals surface area (Å²) in [4.78, 5) is 0. The van der Waals surface area contributed by atoms with Gasteiger partial charge in [0.05, 0.1) is 0 Å². The van der Waals surface area contributed by atoms with Gasteiger partial charge in [-0.2, -0.15) is 0 Å². The molecule has 0 spiro atoms. The summed E-state index contributed by atoms with van der Waals surface area (Å²) in [6.45, 7) is 16.3. The lowest BCUT2D eigenvalue weighted by Crippen LogP contribution is -2.10. The standard InChI is InChI=1S/C17H22/c1-7-11-15-13(9-3)14(10-4)16(12-8-2)17(15,5)6/h7-12H,1-2H2,3-6H3/b13-9-,14-10?,15-11+,16-12+. The van der Waals surface area contributed by atoms with Gasteiger partial charge in [0.15, 0.2) is 0 Å². The van der Waals surface area contributed by atoms with Crippen molar-refractivity contribution < 1.29 is 0 Å². The van der Waals surface area contributed by atoms with Crippen LogP contribution < -0.4 is 0 Å². The van der Waals surface area contributed by atoms with Gasteiger partial charge in [-0.25, -0.2) is 0 Å². The van der Waals surface area contributed by atoms with Crippen LogP contribution in [0.15, 0.2) is 71.9 Å². The fourth-order valence-electron chi connectivity index (χ4n) is 2.56. The predicted molar refractivity (Wildman–Crippen MR) is 77.9 cm³/mol. The molecule has 0 atom stereocenters. The molecule has 1 rings (SSSR count). The molecule has 0 saturated heterocycles. The molecule has 0 N–H and O–H groups in total. The average Bonchev–Trinajstić information content (AvgIpc) is 2.50. The molecule has 0 aromatic heterocycles. The summed E-state index contributed by atoms with van der Waals surface area (Å²) >= 11 is 0. The molecule has 1 saturated carbocycles. The van der Waals surface area contributed by atoms with Crippen LogP contribution in [0.5, 0.6) is 0 Å². The lowest BCUT2D eigenvalue weighted by Gasteiger charge is -2.21. The molecular weight excluding hydrogens is 204 g/mol. The van der Waals surface area contributed by atoms with E-state index in [2.05, 4.69) is 65.2 Å². The Labute approximate surface area is 105 Å². The van der Waals surface area contributed by atoms with Crippen LogP contribution in [-0.2, 0) is 0 Å². The molecule has 0 heterocycles. The highest BCUT2D eigenvalue weighted by Gasteiger charge is 2.39. The Morgan fingerprint density at radius 2 is 1.18 bits per heavy atom. The minimum Gasteiger partial charge on any atom is -0.0991 e. The second kappa shape index (κ2) is 5.18. The van der Waals surface area contributed by atoms with E-state index in [1.807, 2.05) is 12.2 Å². The minimum atomic E-state index is 0.0199. The van der Waals surface area contributed by atoms with E-state index < -0.39 is 0 Å². The lowest BCUT2D eigenvalue weighted by molar-refractivity contribution is 0.583. The van der Waals surface area contributed by atoms with Crippen molar-refractivity contribution >= 4 is 0 Å². The highest BCUT2D eigenvalue weighted by Crippen LogP contribution is 2.52. The van der Waals surface area contributed by atoms with Crippen LogP contribution in [0.25, 0.3) is 0 Å². The number of hydrogen-bond donors (Lipinski definition) is 0. The van der Waals surface area contributed by atoms with E-state index in [0.29, 0.717) is 0 Å². The zero-order valence-corrected chi connectivity index (χ0v) is 11.4. The maximum absolute atomic E-state index is 3.82. The zero-order valence-electron chi connectivity index (χ0n) is 11.4. The van der Waals surface area contributed by atoms with Crippen molar-refractivity contribution in [3.8, 4) is 0 Å². The van der Waals surface area contributed by atoms with Gasteiger partial charge in [-0.1, -0.05) is 63.5 Å². The van der Waals surface area contributed by atoms with Crippen LogP contribution in [0.3, 0.4) is 0 Å². The van der Waals surface area contributed by atoms with Crippen molar-refractivity contribution in [2.45, 2.75) is 27.7 Å². The van der Waals surface area contributed by atoms with Crippen molar-refractivity contribution in [3.05, 3.63) is 71.9 Å². The van der Waals surface area contributed by atoms with Gasteiger partial charge in [0.25, 0.3) is 0 Å². The SMILES string of the molecule is C=C/C=C1\C(=CC)C(=C/C)/C(=C\C=C)C1(C)C. The molecule has 1 aliphatic rings. The molecule has 0 nitrogen and oxygen atoms in total. The maximum Gasteiger partial charge on any atom is 0.0158 e. The van der Waals surface area contributed by atoms with E-state index in [4.69, 9.17) is 0 Å². The summed E-state index contributed by atoms with van der Waals surface area (Å²) in [5, 5.41) is 0. The topological polar surface area (TPSA) is 0 Å². The summed E-state index contributed by atoms with van der Waals surface area (Å²) in [5.41, 5.74) is 5.30. The van der Waals surface area contributed by atoms with E-state index in [-0.39, 0.29) is 5.41 Å².